The van der Waals surface area contributed by atoms with E-state index in [1.165, 1.54) is 0 Å². The Kier molecular flexibility index (Phi) is 3.44. The Morgan fingerprint density at radius 2 is 1.71 bits per heavy atom. The Morgan fingerprint density at radius 1 is 1.14 bits per heavy atom. The standard InChI is InChI=1S/C8H12N2O4/c11-6(5-1-2-5)9-3-4-10-7(12)8(13)14/h5H,1-4H2,(H,9,11)(H,10,12)(H,13,14). The minimum absolute atomic E-state index is 0.0189. The van der Waals surface area contributed by atoms with E-state index in [0.29, 0.717) is 0 Å². The molecule has 0 aromatic rings. The smallest absolute Gasteiger partial charge is 0.394 e. The fraction of sp³-hybridized carbons (Fsp3) is 0.625. The SMILES string of the molecule is O=C(O)C(=O)NCCNC(=O)C1CC1. The lowest BCUT2D eigenvalue weighted by Crippen LogP contribution is -2.38. The van der Waals surface area contributed by atoms with Crippen LogP contribution in [0.3, 0.4) is 0 Å². The number of hydrogen-bond acceptors (Lipinski definition) is 3. The van der Waals surface area contributed by atoms with Gasteiger partial charge in [0.25, 0.3) is 0 Å². The van der Waals surface area contributed by atoms with Crippen molar-refractivity contribution in [2.45, 2.75) is 12.8 Å². The number of aliphatic carboxylic acids is 1. The van der Waals surface area contributed by atoms with Crippen LogP contribution in [0, 0.1) is 5.92 Å². The predicted molar refractivity (Wildman–Crippen MR) is 46.4 cm³/mol. The number of carboxylic acid groups (broad SMARTS) is 1. The summed E-state index contributed by atoms with van der Waals surface area (Å²) in [6.07, 6.45) is 1.85. The van der Waals surface area contributed by atoms with Crippen molar-refractivity contribution in [1.82, 2.24) is 10.6 Å². The maximum atomic E-state index is 11.0. The van der Waals surface area contributed by atoms with Crippen molar-refractivity contribution in [3.63, 3.8) is 0 Å². The van der Waals surface area contributed by atoms with Crippen LogP contribution in [0.5, 0.6) is 0 Å². The molecule has 0 aromatic carbocycles. The third-order valence-corrected chi connectivity index (χ3v) is 1.85. The van der Waals surface area contributed by atoms with Gasteiger partial charge in [-0.25, -0.2) is 4.79 Å². The molecule has 1 saturated carbocycles. The van der Waals surface area contributed by atoms with E-state index >= 15 is 0 Å². The molecule has 0 radical (unpaired) electrons. The summed E-state index contributed by atoms with van der Waals surface area (Å²) in [5.74, 6) is -2.45. The third kappa shape index (κ3) is 3.42. The Labute approximate surface area is 80.7 Å². The van der Waals surface area contributed by atoms with Crippen LogP contribution in [0.1, 0.15) is 12.8 Å². The summed E-state index contributed by atoms with van der Waals surface area (Å²) in [6, 6.07) is 0. The van der Waals surface area contributed by atoms with Crippen molar-refractivity contribution >= 4 is 17.8 Å². The first-order chi connectivity index (χ1) is 6.61. The second-order valence-corrected chi connectivity index (χ2v) is 3.13. The summed E-state index contributed by atoms with van der Waals surface area (Å²) in [5, 5.41) is 12.9. The first-order valence-corrected chi connectivity index (χ1v) is 4.40. The van der Waals surface area contributed by atoms with Gasteiger partial charge in [-0.05, 0) is 12.8 Å². The number of carbonyl (C=O) groups is 3. The summed E-state index contributed by atoms with van der Waals surface area (Å²) >= 11 is 0. The fourth-order valence-corrected chi connectivity index (χ4v) is 0.927. The Bertz CT molecular complexity index is 260. The molecule has 78 valence electrons. The second kappa shape index (κ2) is 4.59. The molecule has 2 amide bonds. The average molecular weight is 200 g/mol. The predicted octanol–water partition coefficient (Wildman–Crippen LogP) is -1.29. The molecule has 0 bridgehead atoms. The van der Waals surface area contributed by atoms with Crippen molar-refractivity contribution in [3.8, 4) is 0 Å². The van der Waals surface area contributed by atoms with Crippen molar-refractivity contribution in [3.05, 3.63) is 0 Å². The topological polar surface area (TPSA) is 95.5 Å². The molecule has 6 heteroatoms. The Hall–Kier alpha value is -1.59. The minimum atomic E-state index is -1.52. The highest BCUT2D eigenvalue weighted by Gasteiger charge is 2.28. The lowest BCUT2D eigenvalue weighted by Gasteiger charge is -2.03. The third-order valence-electron chi connectivity index (χ3n) is 1.85. The minimum Gasteiger partial charge on any atom is -0.474 e. The number of rotatable bonds is 4. The van der Waals surface area contributed by atoms with Gasteiger partial charge in [-0.3, -0.25) is 9.59 Å². The van der Waals surface area contributed by atoms with E-state index in [1.54, 1.807) is 0 Å². The second-order valence-electron chi connectivity index (χ2n) is 3.13. The molecular weight excluding hydrogens is 188 g/mol. The summed E-state index contributed by atoms with van der Waals surface area (Å²) in [7, 11) is 0. The largest absolute Gasteiger partial charge is 0.474 e. The van der Waals surface area contributed by atoms with Gasteiger partial charge in [-0.15, -0.1) is 0 Å². The zero-order chi connectivity index (χ0) is 10.6. The van der Waals surface area contributed by atoms with Gasteiger partial charge >= 0.3 is 11.9 Å². The zero-order valence-corrected chi connectivity index (χ0v) is 7.58. The number of nitrogens with one attached hydrogen (secondary N) is 2. The summed E-state index contributed by atoms with van der Waals surface area (Å²) in [4.78, 5) is 31.6. The van der Waals surface area contributed by atoms with Gasteiger partial charge in [0.15, 0.2) is 0 Å². The van der Waals surface area contributed by atoms with Gasteiger partial charge in [-0.1, -0.05) is 0 Å². The summed E-state index contributed by atoms with van der Waals surface area (Å²) < 4.78 is 0. The lowest BCUT2D eigenvalue weighted by atomic mass is 10.4. The number of amides is 2. The molecule has 1 aliphatic carbocycles. The molecule has 1 fully saturated rings. The van der Waals surface area contributed by atoms with Gasteiger partial charge in [0.2, 0.25) is 5.91 Å². The monoisotopic (exact) mass is 200 g/mol. The molecule has 0 heterocycles. The van der Waals surface area contributed by atoms with Gasteiger partial charge in [0.1, 0.15) is 0 Å². The van der Waals surface area contributed by atoms with E-state index in [9.17, 15) is 14.4 Å². The quantitative estimate of drug-likeness (QED) is 0.389. The number of carboxylic acids is 1. The fourth-order valence-electron chi connectivity index (χ4n) is 0.927. The van der Waals surface area contributed by atoms with E-state index < -0.39 is 11.9 Å². The van der Waals surface area contributed by atoms with E-state index in [0.717, 1.165) is 12.8 Å². The molecule has 0 aliphatic heterocycles. The van der Waals surface area contributed by atoms with Gasteiger partial charge in [0, 0.05) is 19.0 Å². The zero-order valence-electron chi connectivity index (χ0n) is 7.58. The van der Waals surface area contributed by atoms with Crippen molar-refractivity contribution < 1.29 is 19.5 Å². The highest BCUT2D eigenvalue weighted by atomic mass is 16.4. The van der Waals surface area contributed by atoms with E-state index in [4.69, 9.17) is 5.11 Å². The Balaban J connectivity index is 2.01. The lowest BCUT2D eigenvalue weighted by molar-refractivity contribution is -0.150. The Morgan fingerprint density at radius 3 is 2.21 bits per heavy atom. The molecule has 0 aromatic heterocycles. The first-order valence-electron chi connectivity index (χ1n) is 4.40. The normalized spacial score (nSPS) is 14.6. The molecule has 1 rings (SSSR count). The molecule has 14 heavy (non-hydrogen) atoms. The molecule has 3 N–H and O–H groups in total. The van der Waals surface area contributed by atoms with Crippen LogP contribution in [-0.4, -0.2) is 36.0 Å². The van der Waals surface area contributed by atoms with E-state index in [1.807, 2.05) is 0 Å². The average Bonchev–Trinajstić information content (AvgIpc) is 2.94. The van der Waals surface area contributed by atoms with Crippen LogP contribution in [0.4, 0.5) is 0 Å². The highest BCUT2D eigenvalue weighted by Crippen LogP contribution is 2.28. The molecule has 0 unspecified atom stereocenters. The van der Waals surface area contributed by atoms with Crippen LogP contribution in [0.2, 0.25) is 0 Å². The van der Waals surface area contributed by atoms with Crippen molar-refractivity contribution in [1.29, 1.82) is 0 Å². The number of carbonyl (C=O) groups excluding carboxylic acids is 2. The van der Waals surface area contributed by atoms with Gasteiger partial charge in [-0.2, -0.15) is 0 Å². The van der Waals surface area contributed by atoms with Gasteiger partial charge in [0.05, 0.1) is 0 Å². The molecule has 0 spiro atoms. The van der Waals surface area contributed by atoms with E-state index in [2.05, 4.69) is 10.6 Å². The number of hydrogen-bond donors (Lipinski definition) is 3. The maximum Gasteiger partial charge on any atom is 0.394 e. The molecular formula is C8H12N2O4. The van der Waals surface area contributed by atoms with Crippen molar-refractivity contribution in [2.24, 2.45) is 5.92 Å². The molecule has 0 atom stereocenters. The first kappa shape index (κ1) is 10.5. The van der Waals surface area contributed by atoms with E-state index in [-0.39, 0.29) is 24.9 Å². The summed E-state index contributed by atoms with van der Waals surface area (Å²) in [6.45, 7) is 0.415. The van der Waals surface area contributed by atoms with Gasteiger partial charge < -0.3 is 15.7 Å². The van der Waals surface area contributed by atoms with Crippen LogP contribution < -0.4 is 10.6 Å². The highest BCUT2D eigenvalue weighted by molar-refractivity contribution is 6.31. The van der Waals surface area contributed by atoms with Crippen LogP contribution in [0.25, 0.3) is 0 Å². The maximum absolute atomic E-state index is 11.0. The molecule has 0 saturated heterocycles. The molecule has 1 aliphatic rings. The van der Waals surface area contributed by atoms with Crippen LogP contribution in [-0.2, 0) is 14.4 Å². The molecule has 6 nitrogen and oxygen atoms in total. The van der Waals surface area contributed by atoms with Crippen LogP contribution in [0.15, 0.2) is 0 Å². The van der Waals surface area contributed by atoms with Crippen LogP contribution >= 0.6 is 0 Å². The van der Waals surface area contributed by atoms with Crippen molar-refractivity contribution in [2.75, 3.05) is 13.1 Å². The summed E-state index contributed by atoms with van der Waals surface area (Å²) in [5.41, 5.74) is 0.